The lowest BCUT2D eigenvalue weighted by atomic mass is 10.0. The molecule has 7 heteroatoms. The van der Waals surface area contributed by atoms with E-state index in [0.29, 0.717) is 61.4 Å². The third-order valence-electron chi connectivity index (χ3n) is 5.76. The number of benzene rings is 1. The standard InChI is InChI=1S/C25H34ClFN4O/c1-16(2)13-23-28-18(5)19(15-20-21(26)7-6-8-22(20)27)25(29-23)31-11-9-30(10-12-31)24(32)14-17(3)4/h6-8,16-17H,9-15H2,1-5H3. The summed E-state index contributed by atoms with van der Waals surface area (Å²) < 4.78 is 14.6. The van der Waals surface area contributed by atoms with Crippen LogP contribution in [0.1, 0.15) is 56.8 Å². The van der Waals surface area contributed by atoms with Crippen molar-refractivity contribution in [2.45, 2.75) is 53.9 Å². The fraction of sp³-hybridized carbons (Fsp3) is 0.560. The van der Waals surface area contributed by atoms with E-state index in [0.717, 1.165) is 29.3 Å². The lowest BCUT2D eigenvalue weighted by Crippen LogP contribution is -2.49. The van der Waals surface area contributed by atoms with E-state index < -0.39 is 0 Å². The van der Waals surface area contributed by atoms with Crippen LogP contribution in [0.25, 0.3) is 0 Å². The first-order valence-electron chi connectivity index (χ1n) is 11.5. The number of halogens is 2. The Bertz CT molecular complexity index is 935. The summed E-state index contributed by atoms with van der Waals surface area (Å²) in [6.07, 6.45) is 1.69. The molecule has 1 aliphatic rings. The van der Waals surface area contributed by atoms with Gasteiger partial charge in [0.25, 0.3) is 0 Å². The number of hydrogen-bond acceptors (Lipinski definition) is 4. The number of piperazine rings is 1. The smallest absolute Gasteiger partial charge is 0.222 e. The number of anilines is 1. The van der Waals surface area contributed by atoms with Crippen LogP contribution in [-0.4, -0.2) is 47.0 Å². The molecule has 3 rings (SSSR count). The monoisotopic (exact) mass is 460 g/mol. The van der Waals surface area contributed by atoms with E-state index in [4.69, 9.17) is 21.6 Å². The molecule has 2 heterocycles. The molecule has 174 valence electrons. The molecule has 0 saturated carbocycles. The summed E-state index contributed by atoms with van der Waals surface area (Å²) in [4.78, 5) is 26.3. The summed E-state index contributed by atoms with van der Waals surface area (Å²) in [6.45, 7) is 13.1. The van der Waals surface area contributed by atoms with Gasteiger partial charge in [-0.3, -0.25) is 4.79 Å². The first kappa shape index (κ1) is 24.4. The van der Waals surface area contributed by atoms with Crippen molar-refractivity contribution >= 4 is 23.3 Å². The van der Waals surface area contributed by atoms with Gasteiger partial charge in [-0.2, -0.15) is 0 Å². The third kappa shape index (κ3) is 5.97. The van der Waals surface area contributed by atoms with Gasteiger partial charge in [-0.15, -0.1) is 0 Å². The van der Waals surface area contributed by atoms with Gasteiger partial charge in [0.15, 0.2) is 0 Å². The van der Waals surface area contributed by atoms with E-state index in [1.165, 1.54) is 6.07 Å². The van der Waals surface area contributed by atoms with Crippen molar-refractivity contribution in [2.75, 3.05) is 31.1 Å². The molecule has 2 aromatic rings. The summed E-state index contributed by atoms with van der Waals surface area (Å²) in [6, 6.07) is 4.76. The fourth-order valence-corrected chi connectivity index (χ4v) is 4.32. The van der Waals surface area contributed by atoms with Crippen LogP contribution in [0.3, 0.4) is 0 Å². The molecule has 0 spiro atoms. The zero-order chi connectivity index (χ0) is 23.4. The van der Waals surface area contributed by atoms with E-state index in [1.807, 2.05) is 11.8 Å². The van der Waals surface area contributed by atoms with Crippen molar-refractivity contribution in [3.8, 4) is 0 Å². The highest BCUT2D eigenvalue weighted by atomic mass is 35.5. The predicted octanol–water partition coefficient (Wildman–Crippen LogP) is 5.06. The molecule has 1 fully saturated rings. The lowest BCUT2D eigenvalue weighted by Gasteiger charge is -2.37. The molecule has 5 nitrogen and oxygen atoms in total. The minimum absolute atomic E-state index is 0.206. The molecule has 1 saturated heterocycles. The Morgan fingerprint density at radius 2 is 1.75 bits per heavy atom. The number of aromatic nitrogens is 2. The van der Waals surface area contributed by atoms with Gasteiger partial charge in [-0.05, 0) is 30.9 Å². The fourth-order valence-electron chi connectivity index (χ4n) is 4.09. The van der Waals surface area contributed by atoms with Crippen molar-refractivity contribution in [3.05, 3.63) is 51.7 Å². The Balaban J connectivity index is 1.91. The SMILES string of the molecule is Cc1nc(CC(C)C)nc(N2CCN(C(=O)CC(C)C)CC2)c1Cc1c(F)cccc1Cl. The van der Waals surface area contributed by atoms with Gasteiger partial charge < -0.3 is 9.80 Å². The van der Waals surface area contributed by atoms with Crippen molar-refractivity contribution in [1.82, 2.24) is 14.9 Å². The van der Waals surface area contributed by atoms with Crippen LogP contribution in [0.15, 0.2) is 18.2 Å². The second-order valence-corrected chi connectivity index (χ2v) is 9.88. The Morgan fingerprint density at radius 1 is 1.06 bits per heavy atom. The van der Waals surface area contributed by atoms with Crippen LogP contribution in [-0.2, 0) is 17.6 Å². The molecule has 1 aromatic heterocycles. The van der Waals surface area contributed by atoms with E-state index in [1.54, 1.807) is 12.1 Å². The first-order valence-corrected chi connectivity index (χ1v) is 11.9. The molecular weight excluding hydrogens is 427 g/mol. The minimum Gasteiger partial charge on any atom is -0.353 e. The summed E-state index contributed by atoms with van der Waals surface area (Å²) in [5, 5.41) is 0.408. The quantitative estimate of drug-likeness (QED) is 0.579. The van der Waals surface area contributed by atoms with Gasteiger partial charge in [0.1, 0.15) is 17.5 Å². The number of carbonyl (C=O) groups excluding carboxylic acids is 1. The molecule has 0 unspecified atom stereocenters. The molecule has 0 N–H and O–H groups in total. The Kier molecular flexibility index (Phi) is 8.10. The average molecular weight is 461 g/mol. The minimum atomic E-state index is -0.321. The highest BCUT2D eigenvalue weighted by Gasteiger charge is 2.26. The summed E-state index contributed by atoms with van der Waals surface area (Å²) in [5.74, 6) is 2.30. The Labute approximate surface area is 196 Å². The van der Waals surface area contributed by atoms with E-state index in [9.17, 15) is 9.18 Å². The second-order valence-electron chi connectivity index (χ2n) is 9.47. The summed E-state index contributed by atoms with van der Waals surface area (Å²) >= 11 is 6.33. The first-order chi connectivity index (χ1) is 15.2. The van der Waals surface area contributed by atoms with Gasteiger partial charge in [-0.25, -0.2) is 14.4 Å². The van der Waals surface area contributed by atoms with E-state index >= 15 is 0 Å². The van der Waals surface area contributed by atoms with Crippen LogP contribution < -0.4 is 4.90 Å². The molecule has 32 heavy (non-hydrogen) atoms. The van der Waals surface area contributed by atoms with Gasteiger partial charge in [0.2, 0.25) is 5.91 Å². The second kappa shape index (κ2) is 10.6. The van der Waals surface area contributed by atoms with Crippen LogP contribution in [0.4, 0.5) is 10.2 Å². The number of rotatable bonds is 7. The van der Waals surface area contributed by atoms with E-state index in [2.05, 4.69) is 32.6 Å². The van der Waals surface area contributed by atoms with Crippen molar-refractivity contribution in [1.29, 1.82) is 0 Å². The van der Waals surface area contributed by atoms with Crippen molar-refractivity contribution in [2.24, 2.45) is 11.8 Å². The van der Waals surface area contributed by atoms with Gasteiger partial charge in [0, 0.05) is 67.3 Å². The number of carbonyl (C=O) groups is 1. The van der Waals surface area contributed by atoms with Gasteiger partial charge in [0.05, 0.1) is 0 Å². The highest BCUT2D eigenvalue weighted by Crippen LogP contribution is 2.29. The Morgan fingerprint density at radius 3 is 2.34 bits per heavy atom. The van der Waals surface area contributed by atoms with Crippen LogP contribution in [0.2, 0.25) is 5.02 Å². The topological polar surface area (TPSA) is 49.3 Å². The molecule has 1 aliphatic heterocycles. The zero-order valence-corrected chi connectivity index (χ0v) is 20.5. The maximum absolute atomic E-state index is 14.6. The number of amides is 1. The van der Waals surface area contributed by atoms with Crippen LogP contribution >= 0.6 is 11.6 Å². The highest BCUT2D eigenvalue weighted by molar-refractivity contribution is 6.31. The molecule has 0 aliphatic carbocycles. The van der Waals surface area contributed by atoms with Gasteiger partial charge >= 0.3 is 0 Å². The molecule has 1 aromatic carbocycles. The van der Waals surface area contributed by atoms with Gasteiger partial charge in [-0.1, -0.05) is 45.4 Å². The predicted molar refractivity (Wildman–Crippen MR) is 128 cm³/mol. The van der Waals surface area contributed by atoms with Crippen molar-refractivity contribution < 1.29 is 9.18 Å². The average Bonchev–Trinajstić information content (AvgIpc) is 2.71. The lowest BCUT2D eigenvalue weighted by molar-refractivity contribution is -0.132. The maximum Gasteiger partial charge on any atom is 0.222 e. The van der Waals surface area contributed by atoms with E-state index in [-0.39, 0.29) is 11.7 Å². The summed E-state index contributed by atoms with van der Waals surface area (Å²) in [5.41, 5.74) is 2.21. The summed E-state index contributed by atoms with van der Waals surface area (Å²) in [7, 11) is 0. The van der Waals surface area contributed by atoms with Crippen LogP contribution in [0.5, 0.6) is 0 Å². The Hall–Kier alpha value is -2.21. The molecule has 1 amide bonds. The molecule has 0 atom stereocenters. The van der Waals surface area contributed by atoms with Crippen molar-refractivity contribution in [3.63, 3.8) is 0 Å². The zero-order valence-electron chi connectivity index (χ0n) is 19.8. The van der Waals surface area contributed by atoms with Crippen LogP contribution in [0, 0.1) is 24.6 Å². The molecular formula is C25H34ClFN4O. The number of nitrogens with zero attached hydrogens (tertiary/aromatic N) is 4. The molecule has 0 bridgehead atoms. The maximum atomic E-state index is 14.6. The number of hydrogen-bond donors (Lipinski definition) is 0. The largest absolute Gasteiger partial charge is 0.353 e. The molecule has 0 radical (unpaired) electrons. The number of aryl methyl sites for hydroxylation is 1. The third-order valence-corrected chi connectivity index (χ3v) is 6.11. The normalized spacial score (nSPS) is 14.5.